The molecule has 21 heavy (non-hydrogen) atoms. The van der Waals surface area contributed by atoms with Crippen molar-refractivity contribution >= 4 is 33.8 Å². The molecule has 1 aromatic carbocycles. The van der Waals surface area contributed by atoms with Crippen molar-refractivity contribution in [1.82, 2.24) is 15.0 Å². The monoisotopic (exact) mass is 353 g/mol. The molecule has 2 rings (SSSR count). The molecule has 0 spiro atoms. The molecular formula is C12H12BrN5O3. The molecule has 8 nitrogen and oxygen atoms in total. The maximum absolute atomic E-state index is 11.5. The van der Waals surface area contributed by atoms with E-state index >= 15 is 0 Å². The Kier molecular flexibility index (Phi) is 4.88. The summed E-state index contributed by atoms with van der Waals surface area (Å²) >= 11 is 3.30. The third-order valence-electron chi connectivity index (χ3n) is 2.25. The fraction of sp³-hybridized carbons (Fsp3) is 0.167. The van der Waals surface area contributed by atoms with Crippen LogP contribution < -0.4 is 16.2 Å². The van der Waals surface area contributed by atoms with Crippen molar-refractivity contribution < 1.29 is 14.3 Å². The molecule has 1 aromatic heterocycles. The number of carbonyl (C=O) groups excluding carboxylic acids is 1. The number of rotatable bonds is 5. The maximum Gasteiger partial charge on any atom is 0.344 e. The molecule has 0 radical (unpaired) electrons. The molecule has 0 unspecified atom stereocenters. The molecule has 0 saturated carbocycles. The molecule has 1 heterocycles. The summed E-state index contributed by atoms with van der Waals surface area (Å²) in [6.45, 7) is -0.378. The first-order valence-electron chi connectivity index (χ1n) is 5.83. The molecule has 4 N–H and O–H groups in total. The van der Waals surface area contributed by atoms with E-state index in [1.807, 2.05) is 0 Å². The van der Waals surface area contributed by atoms with Crippen LogP contribution in [0, 0.1) is 0 Å². The average Bonchev–Trinajstić information content (AvgIpc) is 2.43. The minimum absolute atomic E-state index is 0.0281. The molecule has 0 saturated heterocycles. The molecule has 0 aliphatic rings. The first-order valence-corrected chi connectivity index (χ1v) is 6.62. The van der Waals surface area contributed by atoms with Gasteiger partial charge in [0.25, 0.3) is 0 Å². The van der Waals surface area contributed by atoms with Gasteiger partial charge in [0.2, 0.25) is 11.9 Å². The summed E-state index contributed by atoms with van der Waals surface area (Å²) < 4.78 is 11.1. The van der Waals surface area contributed by atoms with E-state index in [0.717, 1.165) is 4.47 Å². The number of aromatic nitrogens is 3. The second kappa shape index (κ2) is 6.84. The number of nitrogens with two attached hydrogens (primary N) is 2. The fourth-order valence-corrected chi connectivity index (χ4v) is 1.65. The number of nitrogen functional groups attached to an aromatic ring is 2. The molecule has 0 amide bonds. The second-order valence-corrected chi connectivity index (χ2v) is 4.79. The van der Waals surface area contributed by atoms with Crippen molar-refractivity contribution in [2.45, 2.75) is 6.61 Å². The minimum atomic E-state index is -0.560. The highest BCUT2D eigenvalue weighted by Crippen LogP contribution is 2.16. The number of esters is 1. The lowest BCUT2D eigenvalue weighted by molar-refractivity contribution is -0.147. The number of nitrogens with zero attached hydrogens (tertiary/aromatic N) is 3. The average molecular weight is 354 g/mol. The van der Waals surface area contributed by atoms with Gasteiger partial charge in [-0.25, -0.2) is 4.79 Å². The van der Waals surface area contributed by atoms with Crippen LogP contribution in [-0.4, -0.2) is 27.5 Å². The third kappa shape index (κ3) is 4.88. The Morgan fingerprint density at radius 2 is 1.71 bits per heavy atom. The standard InChI is InChI=1S/C12H12BrN5O3/c13-7-1-3-8(4-2-7)20-6-10(19)21-5-9-16-11(14)18-12(15)17-9/h1-4H,5-6H2,(H4,14,15,16,17,18). The zero-order valence-electron chi connectivity index (χ0n) is 10.8. The van der Waals surface area contributed by atoms with Gasteiger partial charge in [0, 0.05) is 4.47 Å². The van der Waals surface area contributed by atoms with Crippen LogP contribution in [0.1, 0.15) is 5.82 Å². The van der Waals surface area contributed by atoms with Crippen LogP contribution in [0.3, 0.4) is 0 Å². The van der Waals surface area contributed by atoms with Crippen molar-refractivity contribution in [3.63, 3.8) is 0 Å². The predicted molar refractivity (Wildman–Crippen MR) is 78.1 cm³/mol. The number of hydrogen-bond acceptors (Lipinski definition) is 8. The van der Waals surface area contributed by atoms with Gasteiger partial charge >= 0.3 is 5.97 Å². The van der Waals surface area contributed by atoms with Crippen LogP contribution in [-0.2, 0) is 16.1 Å². The number of carbonyl (C=O) groups is 1. The van der Waals surface area contributed by atoms with E-state index in [1.165, 1.54) is 0 Å². The zero-order chi connectivity index (χ0) is 15.2. The largest absolute Gasteiger partial charge is 0.482 e. The smallest absolute Gasteiger partial charge is 0.344 e. The lowest BCUT2D eigenvalue weighted by Crippen LogP contribution is -2.16. The minimum Gasteiger partial charge on any atom is -0.482 e. The van der Waals surface area contributed by atoms with Gasteiger partial charge in [0.1, 0.15) is 5.75 Å². The summed E-state index contributed by atoms with van der Waals surface area (Å²) in [6, 6.07) is 7.06. The topological polar surface area (TPSA) is 126 Å². The molecule has 0 atom stereocenters. The zero-order valence-corrected chi connectivity index (χ0v) is 12.4. The van der Waals surface area contributed by atoms with Crippen LogP contribution in [0.2, 0.25) is 0 Å². The van der Waals surface area contributed by atoms with Crippen LogP contribution >= 0.6 is 15.9 Å². The van der Waals surface area contributed by atoms with Gasteiger partial charge in [-0.2, -0.15) is 15.0 Å². The van der Waals surface area contributed by atoms with Gasteiger partial charge < -0.3 is 20.9 Å². The van der Waals surface area contributed by atoms with Crippen LogP contribution in [0.25, 0.3) is 0 Å². The summed E-state index contributed by atoms with van der Waals surface area (Å²) in [5.74, 6) is 0.121. The van der Waals surface area contributed by atoms with Crippen LogP contribution in [0.5, 0.6) is 5.75 Å². The van der Waals surface area contributed by atoms with E-state index in [0.29, 0.717) is 5.75 Å². The SMILES string of the molecule is Nc1nc(N)nc(COC(=O)COc2ccc(Br)cc2)n1. The number of halogens is 1. The third-order valence-corrected chi connectivity index (χ3v) is 2.78. The van der Waals surface area contributed by atoms with Crippen LogP contribution in [0.15, 0.2) is 28.7 Å². The molecule has 2 aromatic rings. The number of benzene rings is 1. The Morgan fingerprint density at radius 3 is 2.33 bits per heavy atom. The Morgan fingerprint density at radius 1 is 1.10 bits per heavy atom. The normalized spacial score (nSPS) is 10.1. The Hall–Kier alpha value is -2.42. The highest BCUT2D eigenvalue weighted by atomic mass is 79.9. The Balaban J connectivity index is 1.80. The molecule has 9 heteroatoms. The van der Waals surface area contributed by atoms with E-state index in [4.69, 9.17) is 20.9 Å². The van der Waals surface area contributed by atoms with Gasteiger partial charge in [-0.15, -0.1) is 0 Å². The van der Waals surface area contributed by atoms with Gasteiger partial charge in [-0.3, -0.25) is 0 Å². The predicted octanol–water partition coefficient (Wildman–Crippen LogP) is 0.921. The summed E-state index contributed by atoms with van der Waals surface area (Å²) in [7, 11) is 0. The van der Waals surface area contributed by atoms with E-state index in [9.17, 15) is 4.79 Å². The lowest BCUT2D eigenvalue weighted by atomic mass is 10.3. The van der Waals surface area contributed by atoms with Crippen molar-refractivity contribution in [2.24, 2.45) is 0 Å². The molecule has 0 bridgehead atoms. The van der Waals surface area contributed by atoms with Gasteiger partial charge in [0.15, 0.2) is 19.0 Å². The van der Waals surface area contributed by atoms with E-state index in [-0.39, 0.29) is 30.9 Å². The van der Waals surface area contributed by atoms with E-state index in [2.05, 4.69) is 30.9 Å². The second-order valence-electron chi connectivity index (χ2n) is 3.87. The van der Waals surface area contributed by atoms with Crippen molar-refractivity contribution in [2.75, 3.05) is 18.1 Å². The summed E-state index contributed by atoms with van der Waals surface area (Å²) in [5.41, 5.74) is 10.8. The molecule has 0 aliphatic heterocycles. The molecule has 110 valence electrons. The highest BCUT2D eigenvalue weighted by molar-refractivity contribution is 9.10. The van der Waals surface area contributed by atoms with Crippen molar-refractivity contribution in [1.29, 1.82) is 0 Å². The number of ether oxygens (including phenoxy) is 2. The fourth-order valence-electron chi connectivity index (χ4n) is 1.38. The van der Waals surface area contributed by atoms with Crippen molar-refractivity contribution in [3.8, 4) is 5.75 Å². The van der Waals surface area contributed by atoms with Crippen molar-refractivity contribution in [3.05, 3.63) is 34.6 Å². The first kappa shape index (κ1) is 15.0. The molecular weight excluding hydrogens is 342 g/mol. The Labute approximate surface area is 128 Å². The lowest BCUT2D eigenvalue weighted by Gasteiger charge is -2.07. The summed E-state index contributed by atoms with van der Waals surface area (Å²) in [5, 5.41) is 0. The highest BCUT2D eigenvalue weighted by Gasteiger charge is 2.08. The number of hydrogen-bond donors (Lipinski definition) is 2. The summed E-state index contributed by atoms with van der Waals surface area (Å²) in [4.78, 5) is 22.7. The van der Waals surface area contributed by atoms with E-state index in [1.54, 1.807) is 24.3 Å². The van der Waals surface area contributed by atoms with Crippen LogP contribution in [0.4, 0.5) is 11.9 Å². The van der Waals surface area contributed by atoms with Gasteiger partial charge in [-0.1, -0.05) is 15.9 Å². The molecule has 0 aliphatic carbocycles. The molecule has 0 fully saturated rings. The summed E-state index contributed by atoms with van der Waals surface area (Å²) in [6.07, 6.45) is 0. The Bertz CT molecular complexity index is 615. The van der Waals surface area contributed by atoms with Gasteiger partial charge in [0.05, 0.1) is 0 Å². The van der Waals surface area contributed by atoms with E-state index < -0.39 is 5.97 Å². The number of anilines is 2. The first-order chi connectivity index (χ1) is 10.0. The van der Waals surface area contributed by atoms with Gasteiger partial charge in [-0.05, 0) is 24.3 Å². The quantitative estimate of drug-likeness (QED) is 0.759. The maximum atomic E-state index is 11.5.